The third-order valence-electron chi connectivity index (χ3n) is 2.94. The van der Waals surface area contributed by atoms with Gasteiger partial charge in [0.15, 0.2) is 5.82 Å². The van der Waals surface area contributed by atoms with Crippen LogP contribution in [-0.4, -0.2) is 10.1 Å². The van der Waals surface area contributed by atoms with E-state index >= 15 is 0 Å². The molecule has 4 nitrogen and oxygen atoms in total. The van der Waals surface area contributed by atoms with Crippen LogP contribution in [0.25, 0.3) is 11.5 Å². The number of aryl methyl sites for hydroxylation is 1. The Morgan fingerprint density at radius 3 is 2.94 bits per heavy atom. The molecule has 2 aromatic rings. The van der Waals surface area contributed by atoms with Crippen LogP contribution in [0.15, 0.2) is 22.7 Å². The maximum absolute atomic E-state index is 5.99. The Kier molecular flexibility index (Phi) is 1.96. The lowest BCUT2D eigenvalue weighted by Gasteiger charge is -2.02. The van der Waals surface area contributed by atoms with E-state index in [9.17, 15) is 0 Å². The van der Waals surface area contributed by atoms with Gasteiger partial charge in [0, 0.05) is 11.6 Å². The van der Waals surface area contributed by atoms with Gasteiger partial charge in [-0.3, -0.25) is 0 Å². The number of hydrogen-bond donors (Lipinski definition) is 1. The van der Waals surface area contributed by atoms with Crippen LogP contribution in [0.4, 0.5) is 5.69 Å². The number of rotatable bonds is 2. The molecule has 0 atom stereocenters. The largest absolute Gasteiger partial charge is 0.398 e. The van der Waals surface area contributed by atoms with Crippen molar-refractivity contribution in [1.82, 2.24) is 10.1 Å². The van der Waals surface area contributed by atoms with E-state index in [1.54, 1.807) is 0 Å². The lowest BCUT2D eigenvalue weighted by atomic mass is 10.1. The second-order valence-corrected chi connectivity index (χ2v) is 4.27. The van der Waals surface area contributed by atoms with Crippen LogP contribution in [0.5, 0.6) is 0 Å². The molecular formula is C12H13N3O. The Balaban J connectivity index is 2.03. The fourth-order valence-electron chi connectivity index (χ4n) is 1.72. The summed E-state index contributed by atoms with van der Waals surface area (Å²) in [5.74, 6) is 1.85. The van der Waals surface area contributed by atoms with Gasteiger partial charge < -0.3 is 10.3 Å². The second kappa shape index (κ2) is 3.33. The normalized spacial score (nSPS) is 15.3. The average molecular weight is 215 g/mol. The molecule has 1 saturated carbocycles. The highest BCUT2D eigenvalue weighted by Gasteiger charge is 2.29. The van der Waals surface area contributed by atoms with Crippen LogP contribution in [0.1, 0.15) is 30.1 Å². The van der Waals surface area contributed by atoms with Crippen molar-refractivity contribution in [2.24, 2.45) is 0 Å². The minimum atomic E-state index is 0.503. The molecule has 82 valence electrons. The highest BCUT2D eigenvalue weighted by atomic mass is 16.5. The molecule has 0 saturated heterocycles. The third-order valence-corrected chi connectivity index (χ3v) is 2.94. The molecule has 2 N–H and O–H groups in total. The molecular weight excluding hydrogens is 202 g/mol. The smallest absolute Gasteiger partial charge is 0.260 e. The van der Waals surface area contributed by atoms with Crippen LogP contribution in [0, 0.1) is 6.92 Å². The summed E-state index contributed by atoms with van der Waals surface area (Å²) in [7, 11) is 0. The van der Waals surface area contributed by atoms with Gasteiger partial charge in [-0.15, -0.1) is 0 Å². The first-order valence-electron chi connectivity index (χ1n) is 5.45. The zero-order valence-corrected chi connectivity index (χ0v) is 9.10. The van der Waals surface area contributed by atoms with Crippen molar-refractivity contribution in [2.75, 3.05) is 5.73 Å². The Bertz CT molecular complexity index is 529. The monoisotopic (exact) mass is 215 g/mol. The molecule has 1 aromatic heterocycles. The van der Waals surface area contributed by atoms with E-state index in [1.165, 1.54) is 12.8 Å². The lowest BCUT2D eigenvalue weighted by molar-refractivity contribution is 0.423. The molecule has 0 amide bonds. The van der Waals surface area contributed by atoms with E-state index in [2.05, 4.69) is 10.1 Å². The Labute approximate surface area is 93.5 Å². The van der Waals surface area contributed by atoms with Crippen LogP contribution in [0.2, 0.25) is 0 Å². The molecule has 1 heterocycles. The molecule has 0 radical (unpaired) electrons. The Morgan fingerprint density at radius 1 is 1.38 bits per heavy atom. The topological polar surface area (TPSA) is 64.9 Å². The van der Waals surface area contributed by atoms with Gasteiger partial charge in [0.2, 0.25) is 0 Å². The molecule has 1 aromatic carbocycles. The van der Waals surface area contributed by atoms with E-state index in [4.69, 9.17) is 10.3 Å². The number of hydrogen-bond acceptors (Lipinski definition) is 4. The maximum Gasteiger partial charge on any atom is 0.260 e. The lowest BCUT2D eigenvalue weighted by Crippen LogP contribution is -1.93. The summed E-state index contributed by atoms with van der Waals surface area (Å²) in [6.07, 6.45) is 2.34. The first kappa shape index (κ1) is 9.39. The molecule has 0 bridgehead atoms. The minimum Gasteiger partial charge on any atom is -0.398 e. The van der Waals surface area contributed by atoms with Crippen molar-refractivity contribution >= 4 is 5.69 Å². The van der Waals surface area contributed by atoms with Crippen LogP contribution >= 0.6 is 0 Å². The molecule has 1 fully saturated rings. The summed E-state index contributed by atoms with van der Waals surface area (Å²) in [6, 6.07) is 5.82. The summed E-state index contributed by atoms with van der Waals surface area (Å²) < 4.78 is 5.25. The molecule has 0 aliphatic heterocycles. The molecule has 16 heavy (non-hydrogen) atoms. The van der Waals surface area contributed by atoms with Crippen molar-refractivity contribution in [3.05, 3.63) is 29.6 Å². The van der Waals surface area contributed by atoms with Crippen LogP contribution in [-0.2, 0) is 0 Å². The van der Waals surface area contributed by atoms with E-state index in [1.807, 2.05) is 25.1 Å². The summed E-state index contributed by atoms with van der Waals surface area (Å²) in [5, 5.41) is 3.98. The fraction of sp³-hybridized carbons (Fsp3) is 0.333. The number of nitrogens with two attached hydrogens (primary N) is 1. The van der Waals surface area contributed by atoms with Gasteiger partial charge >= 0.3 is 0 Å². The van der Waals surface area contributed by atoms with Gasteiger partial charge in [0.05, 0.1) is 5.56 Å². The number of benzene rings is 1. The Morgan fingerprint density at radius 2 is 2.19 bits per heavy atom. The van der Waals surface area contributed by atoms with E-state index in [0.29, 0.717) is 17.5 Å². The van der Waals surface area contributed by atoms with Crippen molar-refractivity contribution in [3.8, 4) is 11.5 Å². The summed E-state index contributed by atoms with van der Waals surface area (Å²) in [5.41, 5.74) is 8.57. The van der Waals surface area contributed by atoms with Gasteiger partial charge in [-0.2, -0.15) is 4.98 Å². The van der Waals surface area contributed by atoms with E-state index in [-0.39, 0.29) is 0 Å². The highest BCUT2D eigenvalue weighted by molar-refractivity contribution is 5.73. The third kappa shape index (κ3) is 1.46. The number of aromatic nitrogens is 2. The molecule has 0 unspecified atom stereocenters. The molecule has 4 heteroatoms. The number of nitrogen functional groups attached to an aromatic ring is 1. The molecule has 0 spiro atoms. The number of nitrogens with zero attached hydrogens (tertiary/aromatic N) is 2. The highest BCUT2D eigenvalue weighted by Crippen LogP contribution is 2.39. The van der Waals surface area contributed by atoms with E-state index in [0.717, 1.165) is 17.0 Å². The first-order valence-corrected chi connectivity index (χ1v) is 5.45. The summed E-state index contributed by atoms with van der Waals surface area (Å²) in [6.45, 7) is 1.97. The standard InChI is InChI=1S/C12H13N3O/c1-7-3-2-4-9(10(7)13)12-14-11(15-16-12)8-5-6-8/h2-4,8H,5-6,13H2,1H3. The average Bonchev–Trinajstić information content (AvgIpc) is 3.02. The molecule has 1 aliphatic rings. The van der Waals surface area contributed by atoms with Gasteiger partial charge in [-0.05, 0) is 31.4 Å². The quantitative estimate of drug-likeness (QED) is 0.782. The van der Waals surface area contributed by atoms with Gasteiger partial charge in [0.1, 0.15) is 0 Å². The predicted octanol–water partition coefficient (Wildman–Crippen LogP) is 2.50. The second-order valence-electron chi connectivity index (χ2n) is 4.27. The van der Waals surface area contributed by atoms with Crippen LogP contribution in [0.3, 0.4) is 0 Å². The van der Waals surface area contributed by atoms with Gasteiger partial charge in [-0.25, -0.2) is 0 Å². The van der Waals surface area contributed by atoms with Gasteiger partial charge in [0.25, 0.3) is 5.89 Å². The zero-order valence-electron chi connectivity index (χ0n) is 9.10. The van der Waals surface area contributed by atoms with Crippen molar-refractivity contribution < 1.29 is 4.52 Å². The van der Waals surface area contributed by atoms with Gasteiger partial charge in [-0.1, -0.05) is 17.3 Å². The Hall–Kier alpha value is -1.84. The maximum atomic E-state index is 5.99. The number of anilines is 1. The minimum absolute atomic E-state index is 0.503. The molecule has 1 aliphatic carbocycles. The predicted molar refractivity (Wildman–Crippen MR) is 60.9 cm³/mol. The summed E-state index contributed by atoms with van der Waals surface area (Å²) in [4.78, 5) is 4.39. The van der Waals surface area contributed by atoms with Crippen molar-refractivity contribution in [2.45, 2.75) is 25.7 Å². The SMILES string of the molecule is Cc1cccc(-c2nc(C3CC3)no2)c1N. The molecule has 3 rings (SSSR count). The zero-order chi connectivity index (χ0) is 11.1. The fourth-order valence-corrected chi connectivity index (χ4v) is 1.72. The summed E-state index contributed by atoms with van der Waals surface area (Å²) >= 11 is 0. The number of para-hydroxylation sites is 1. The van der Waals surface area contributed by atoms with E-state index < -0.39 is 0 Å². The first-order chi connectivity index (χ1) is 7.75. The van der Waals surface area contributed by atoms with Crippen LogP contribution < -0.4 is 5.73 Å². The van der Waals surface area contributed by atoms with Crippen molar-refractivity contribution in [3.63, 3.8) is 0 Å². The van der Waals surface area contributed by atoms with Crippen molar-refractivity contribution in [1.29, 1.82) is 0 Å².